The minimum atomic E-state index is -0.727. The number of unbranched alkanes of at least 4 members (excludes halogenated alkanes) is 3. The molecule has 1 saturated heterocycles. The molecule has 5 heteroatoms. The number of amides is 1. The highest BCUT2D eigenvalue weighted by molar-refractivity contribution is 5.75. The van der Waals surface area contributed by atoms with Crippen LogP contribution in [0.15, 0.2) is 0 Å². The minimum absolute atomic E-state index is 0.150. The summed E-state index contributed by atoms with van der Waals surface area (Å²) in [6.07, 6.45) is 6.64. The molecule has 0 aliphatic carbocycles. The van der Waals surface area contributed by atoms with Gasteiger partial charge in [0.2, 0.25) is 5.91 Å². The first-order chi connectivity index (χ1) is 9.18. The first kappa shape index (κ1) is 16.0. The second kappa shape index (κ2) is 9.78. The minimum Gasteiger partial charge on any atom is -0.481 e. The van der Waals surface area contributed by atoms with Crippen LogP contribution < -0.4 is 10.6 Å². The summed E-state index contributed by atoms with van der Waals surface area (Å²) >= 11 is 0. The Balaban J connectivity index is 1.85. The van der Waals surface area contributed by atoms with E-state index in [0.29, 0.717) is 12.3 Å². The Bertz CT molecular complexity index is 276. The summed E-state index contributed by atoms with van der Waals surface area (Å²) in [5.74, 6) is 0.0916. The van der Waals surface area contributed by atoms with E-state index in [0.717, 1.165) is 51.7 Å². The number of rotatable bonds is 10. The van der Waals surface area contributed by atoms with Crippen LogP contribution in [0, 0.1) is 5.92 Å². The van der Waals surface area contributed by atoms with Gasteiger partial charge >= 0.3 is 5.97 Å². The molecule has 0 aromatic heterocycles. The molecule has 1 aliphatic rings. The molecule has 110 valence electrons. The summed E-state index contributed by atoms with van der Waals surface area (Å²) in [7, 11) is 0. The molecule has 5 nitrogen and oxygen atoms in total. The van der Waals surface area contributed by atoms with E-state index in [1.54, 1.807) is 0 Å². The maximum Gasteiger partial charge on any atom is 0.303 e. The van der Waals surface area contributed by atoms with E-state index in [9.17, 15) is 9.59 Å². The van der Waals surface area contributed by atoms with Crippen molar-refractivity contribution < 1.29 is 14.7 Å². The SMILES string of the molecule is O=C(O)CCCCCCNC(=O)CCC1CCNC1. The molecule has 1 heterocycles. The van der Waals surface area contributed by atoms with E-state index in [-0.39, 0.29) is 12.3 Å². The molecule has 0 aromatic carbocycles. The summed E-state index contributed by atoms with van der Waals surface area (Å²) in [6, 6.07) is 0. The van der Waals surface area contributed by atoms with Gasteiger partial charge in [-0.15, -0.1) is 0 Å². The van der Waals surface area contributed by atoms with Gasteiger partial charge in [0.25, 0.3) is 0 Å². The Labute approximate surface area is 115 Å². The molecule has 0 radical (unpaired) electrons. The summed E-state index contributed by atoms with van der Waals surface area (Å²) in [5, 5.41) is 14.7. The normalized spacial score (nSPS) is 18.4. The number of carboxylic acids is 1. The molecule has 0 spiro atoms. The number of carboxylic acid groups (broad SMARTS) is 1. The Morgan fingerprint density at radius 1 is 1.16 bits per heavy atom. The average molecular weight is 270 g/mol. The van der Waals surface area contributed by atoms with E-state index < -0.39 is 5.97 Å². The van der Waals surface area contributed by atoms with Crippen LogP contribution >= 0.6 is 0 Å². The average Bonchev–Trinajstić information content (AvgIpc) is 2.88. The second-order valence-electron chi connectivity index (χ2n) is 5.31. The van der Waals surface area contributed by atoms with E-state index in [1.165, 1.54) is 6.42 Å². The van der Waals surface area contributed by atoms with Crippen molar-refractivity contribution in [2.24, 2.45) is 5.92 Å². The van der Waals surface area contributed by atoms with Crippen LogP contribution in [0.3, 0.4) is 0 Å². The predicted octanol–water partition coefficient (Wildman–Crippen LogP) is 1.53. The van der Waals surface area contributed by atoms with E-state index in [2.05, 4.69) is 10.6 Å². The fourth-order valence-corrected chi connectivity index (χ4v) is 2.37. The maximum atomic E-state index is 11.6. The van der Waals surface area contributed by atoms with Gasteiger partial charge in [-0.25, -0.2) is 0 Å². The van der Waals surface area contributed by atoms with Gasteiger partial charge in [-0.3, -0.25) is 9.59 Å². The molecular weight excluding hydrogens is 244 g/mol. The molecule has 0 bridgehead atoms. The molecule has 0 saturated carbocycles. The standard InChI is InChI=1S/C14H26N2O3/c17-13(7-6-12-8-10-15-11-12)16-9-4-2-1-3-5-14(18)19/h12,15H,1-11H2,(H,16,17)(H,18,19). The number of carbonyl (C=O) groups is 2. The fraction of sp³-hybridized carbons (Fsp3) is 0.857. The lowest BCUT2D eigenvalue weighted by atomic mass is 10.0. The van der Waals surface area contributed by atoms with Crippen LogP contribution in [0.2, 0.25) is 0 Å². The number of nitrogens with one attached hydrogen (secondary N) is 2. The van der Waals surface area contributed by atoms with Gasteiger partial charge in [0.1, 0.15) is 0 Å². The van der Waals surface area contributed by atoms with Gasteiger partial charge in [0.15, 0.2) is 0 Å². The Morgan fingerprint density at radius 2 is 1.95 bits per heavy atom. The molecule has 1 fully saturated rings. The third kappa shape index (κ3) is 8.59. The Kier molecular flexibility index (Phi) is 8.21. The largest absolute Gasteiger partial charge is 0.481 e. The zero-order chi connectivity index (χ0) is 13.9. The quantitative estimate of drug-likeness (QED) is 0.526. The molecule has 1 amide bonds. The van der Waals surface area contributed by atoms with Crippen LogP contribution in [0.5, 0.6) is 0 Å². The van der Waals surface area contributed by atoms with E-state index in [4.69, 9.17) is 5.11 Å². The van der Waals surface area contributed by atoms with Crippen molar-refractivity contribution in [1.82, 2.24) is 10.6 Å². The van der Waals surface area contributed by atoms with Crippen LogP contribution in [-0.4, -0.2) is 36.6 Å². The lowest BCUT2D eigenvalue weighted by molar-refractivity contribution is -0.137. The van der Waals surface area contributed by atoms with Crippen molar-refractivity contribution in [3.8, 4) is 0 Å². The van der Waals surface area contributed by atoms with Gasteiger partial charge in [-0.05, 0) is 44.7 Å². The number of hydrogen-bond donors (Lipinski definition) is 3. The van der Waals surface area contributed by atoms with Gasteiger partial charge < -0.3 is 15.7 Å². The first-order valence-electron chi connectivity index (χ1n) is 7.37. The monoisotopic (exact) mass is 270 g/mol. The number of aliphatic carboxylic acids is 1. The highest BCUT2D eigenvalue weighted by atomic mass is 16.4. The highest BCUT2D eigenvalue weighted by Crippen LogP contribution is 2.13. The smallest absolute Gasteiger partial charge is 0.303 e. The molecule has 0 aromatic rings. The Hall–Kier alpha value is -1.10. The van der Waals surface area contributed by atoms with E-state index in [1.807, 2.05) is 0 Å². The van der Waals surface area contributed by atoms with Crippen molar-refractivity contribution in [2.45, 2.75) is 51.4 Å². The summed E-state index contributed by atoms with van der Waals surface area (Å²) < 4.78 is 0. The van der Waals surface area contributed by atoms with Gasteiger partial charge in [0.05, 0.1) is 0 Å². The molecule has 1 atom stereocenters. The lowest BCUT2D eigenvalue weighted by Crippen LogP contribution is -2.25. The van der Waals surface area contributed by atoms with Crippen LogP contribution in [0.25, 0.3) is 0 Å². The molecule has 19 heavy (non-hydrogen) atoms. The third-order valence-corrected chi connectivity index (χ3v) is 3.58. The van der Waals surface area contributed by atoms with Crippen LogP contribution in [0.4, 0.5) is 0 Å². The van der Waals surface area contributed by atoms with Crippen molar-refractivity contribution in [3.63, 3.8) is 0 Å². The van der Waals surface area contributed by atoms with Crippen molar-refractivity contribution in [2.75, 3.05) is 19.6 Å². The van der Waals surface area contributed by atoms with Crippen molar-refractivity contribution in [3.05, 3.63) is 0 Å². The Morgan fingerprint density at radius 3 is 2.63 bits per heavy atom. The lowest BCUT2D eigenvalue weighted by Gasteiger charge is -2.08. The topological polar surface area (TPSA) is 78.4 Å². The first-order valence-corrected chi connectivity index (χ1v) is 7.37. The molecule has 1 unspecified atom stereocenters. The molecule has 3 N–H and O–H groups in total. The predicted molar refractivity (Wildman–Crippen MR) is 73.9 cm³/mol. The molecule has 1 rings (SSSR count). The summed E-state index contributed by atoms with van der Waals surface area (Å²) in [5.41, 5.74) is 0. The van der Waals surface area contributed by atoms with E-state index >= 15 is 0 Å². The fourth-order valence-electron chi connectivity index (χ4n) is 2.37. The number of hydrogen-bond acceptors (Lipinski definition) is 3. The van der Waals surface area contributed by atoms with Gasteiger partial charge in [0, 0.05) is 19.4 Å². The third-order valence-electron chi connectivity index (χ3n) is 3.58. The zero-order valence-corrected chi connectivity index (χ0v) is 11.6. The molecular formula is C14H26N2O3. The van der Waals surface area contributed by atoms with Crippen LogP contribution in [-0.2, 0) is 9.59 Å². The van der Waals surface area contributed by atoms with Gasteiger partial charge in [-0.1, -0.05) is 12.8 Å². The van der Waals surface area contributed by atoms with Crippen molar-refractivity contribution in [1.29, 1.82) is 0 Å². The summed E-state index contributed by atoms with van der Waals surface area (Å²) in [4.78, 5) is 21.9. The maximum absolute atomic E-state index is 11.6. The summed E-state index contributed by atoms with van der Waals surface area (Å²) in [6.45, 7) is 2.86. The van der Waals surface area contributed by atoms with Crippen molar-refractivity contribution >= 4 is 11.9 Å². The molecule has 1 aliphatic heterocycles. The zero-order valence-electron chi connectivity index (χ0n) is 11.6. The number of carbonyl (C=O) groups excluding carboxylic acids is 1. The van der Waals surface area contributed by atoms with Gasteiger partial charge in [-0.2, -0.15) is 0 Å². The highest BCUT2D eigenvalue weighted by Gasteiger charge is 2.15. The van der Waals surface area contributed by atoms with Crippen LogP contribution in [0.1, 0.15) is 51.4 Å². The second-order valence-corrected chi connectivity index (χ2v) is 5.31.